The van der Waals surface area contributed by atoms with Crippen LogP contribution in [-0.4, -0.2) is 23.0 Å². The number of H-pyrrole nitrogens is 1. The van der Waals surface area contributed by atoms with Gasteiger partial charge in [0.1, 0.15) is 5.65 Å². The summed E-state index contributed by atoms with van der Waals surface area (Å²) in [6, 6.07) is 12.5. The fraction of sp³-hybridized carbons (Fsp3) is 0.250. The Bertz CT molecular complexity index is 1930. The number of rotatable bonds is 7. The lowest BCUT2D eigenvalue weighted by atomic mass is 9.94. The molecule has 0 fully saturated rings. The molecular formula is C28H25FN4O4S. The zero-order chi connectivity index (χ0) is 27.2. The molecular weight excluding hydrogens is 507 g/mol. The largest absolute Gasteiger partial charge is 0.488 e. The van der Waals surface area contributed by atoms with Crippen molar-refractivity contribution in [1.29, 1.82) is 5.26 Å². The van der Waals surface area contributed by atoms with Crippen molar-refractivity contribution in [3.63, 3.8) is 0 Å². The van der Waals surface area contributed by atoms with Crippen molar-refractivity contribution in [2.24, 2.45) is 0 Å². The average molecular weight is 533 g/mol. The third-order valence-electron chi connectivity index (χ3n) is 6.64. The second-order valence-electron chi connectivity index (χ2n) is 9.53. The number of benzene rings is 2. The van der Waals surface area contributed by atoms with Crippen LogP contribution in [0.3, 0.4) is 0 Å². The topological polar surface area (TPSA) is 118 Å². The first-order valence-corrected chi connectivity index (χ1v) is 13.6. The molecule has 0 saturated heterocycles. The van der Waals surface area contributed by atoms with Crippen LogP contribution in [0.5, 0.6) is 5.75 Å². The van der Waals surface area contributed by atoms with Gasteiger partial charge in [0.05, 0.1) is 28.7 Å². The number of pyridine rings is 2. The number of nitriles is 1. The summed E-state index contributed by atoms with van der Waals surface area (Å²) in [5.74, 6) is -0.243. The van der Waals surface area contributed by atoms with E-state index < -0.39 is 10.5 Å². The molecule has 0 spiro atoms. The van der Waals surface area contributed by atoms with E-state index in [4.69, 9.17) is 0 Å². The van der Waals surface area contributed by atoms with Gasteiger partial charge >= 0.3 is 10.5 Å². The first kappa shape index (κ1) is 25.4. The number of unbranched alkanes of at least 4 members (excludes halogenated alkanes) is 1. The molecule has 0 bridgehead atoms. The van der Waals surface area contributed by atoms with Gasteiger partial charge in [-0.3, -0.25) is 9.78 Å². The van der Waals surface area contributed by atoms with Gasteiger partial charge in [-0.2, -0.15) is 13.7 Å². The number of nitrogens with zero attached hydrogens (tertiary/aromatic N) is 3. The van der Waals surface area contributed by atoms with E-state index in [1.807, 2.05) is 30.5 Å². The highest BCUT2D eigenvalue weighted by Crippen LogP contribution is 2.35. The molecule has 0 atom stereocenters. The maximum absolute atomic E-state index is 13.9. The van der Waals surface area contributed by atoms with E-state index in [1.165, 1.54) is 6.07 Å². The normalized spacial score (nSPS) is 12.0. The average Bonchev–Trinajstić information content (AvgIpc) is 3.24. The Kier molecular flexibility index (Phi) is 6.41. The Morgan fingerprint density at radius 1 is 1.16 bits per heavy atom. The van der Waals surface area contributed by atoms with E-state index in [-0.39, 0.29) is 17.2 Å². The first-order valence-electron chi connectivity index (χ1n) is 12.3. The van der Waals surface area contributed by atoms with Gasteiger partial charge in [-0.05, 0) is 68.1 Å². The fourth-order valence-corrected chi connectivity index (χ4v) is 5.36. The number of aryl methyl sites for hydroxylation is 1. The molecule has 5 rings (SSSR count). The number of aromatic amines is 1. The molecule has 194 valence electrons. The molecule has 38 heavy (non-hydrogen) atoms. The van der Waals surface area contributed by atoms with Crippen molar-refractivity contribution in [2.45, 2.75) is 46.1 Å². The van der Waals surface area contributed by atoms with Crippen LogP contribution in [0.4, 0.5) is 3.89 Å². The third-order valence-corrected chi connectivity index (χ3v) is 7.03. The SMILES string of the molecule is CCCCc1cc2c(=O)c3c4ccc(C#N)cc4[nH]c3n(C(C)C)c2cc1-c1cncc(OS(=O)(=O)F)c1. The van der Waals surface area contributed by atoms with Crippen molar-refractivity contribution in [1.82, 2.24) is 14.5 Å². The molecule has 0 radical (unpaired) electrons. The summed E-state index contributed by atoms with van der Waals surface area (Å²) in [5, 5.41) is 11.2. The van der Waals surface area contributed by atoms with Crippen LogP contribution in [0.15, 0.2) is 53.6 Å². The number of hydrogen-bond acceptors (Lipinski definition) is 6. The summed E-state index contributed by atoms with van der Waals surface area (Å²) in [7, 11) is -5.21. The lowest BCUT2D eigenvalue weighted by Gasteiger charge is -2.19. The van der Waals surface area contributed by atoms with Crippen molar-refractivity contribution in [3.05, 3.63) is 70.1 Å². The molecule has 5 aromatic rings. The zero-order valence-corrected chi connectivity index (χ0v) is 21.9. The van der Waals surface area contributed by atoms with E-state index in [0.29, 0.717) is 45.0 Å². The van der Waals surface area contributed by atoms with Crippen LogP contribution < -0.4 is 9.61 Å². The van der Waals surface area contributed by atoms with Gasteiger partial charge in [0, 0.05) is 34.1 Å². The first-order chi connectivity index (χ1) is 18.1. The molecule has 0 aliphatic carbocycles. The van der Waals surface area contributed by atoms with Gasteiger partial charge in [0.15, 0.2) is 11.2 Å². The molecule has 10 heteroatoms. The van der Waals surface area contributed by atoms with Crippen LogP contribution in [0.1, 0.15) is 50.8 Å². The summed E-state index contributed by atoms with van der Waals surface area (Å²) >= 11 is 0. The van der Waals surface area contributed by atoms with Crippen molar-refractivity contribution in [2.75, 3.05) is 0 Å². The van der Waals surface area contributed by atoms with Gasteiger partial charge in [0.2, 0.25) is 0 Å². The van der Waals surface area contributed by atoms with Crippen LogP contribution in [0.2, 0.25) is 0 Å². The van der Waals surface area contributed by atoms with Crippen LogP contribution >= 0.6 is 0 Å². The number of halogens is 1. The predicted octanol–water partition coefficient (Wildman–Crippen LogP) is 6.09. The summed E-state index contributed by atoms with van der Waals surface area (Å²) < 4.78 is 41.8. The highest BCUT2D eigenvalue weighted by molar-refractivity contribution is 7.81. The summed E-state index contributed by atoms with van der Waals surface area (Å²) in [6.45, 7) is 6.10. The Morgan fingerprint density at radius 3 is 2.63 bits per heavy atom. The van der Waals surface area contributed by atoms with E-state index in [1.54, 1.807) is 24.4 Å². The molecule has 3 aromatic heterocycles. The molecule has 0 amide bonds. The molecule has 0 aliphatic rings. The second kappa shape index (κ2) is 9.58. The summed E-state index contributed by atoms with van der Waals surface area (Å²) in [5.41, 5.74) is 4.58. The maximum Gasteiger partial charge on any atom is 0.488 e. The Hall–Kier alpha value is -4.23. The minimum absolute atomic E-state index is 0.0390. The minimum atomic E-state index is -5.21. The smallest absolute Gasteiger partial charge is 0.357 e. The van der Waals surface area contributed by atoms with E-state index >= 15 is 0 Å². The van der Waals surface area contributed by atoms with Crippen molar-refractivity contribution >= 4 is 43.3 Å². The monoisotopic (exact) mass is 532 g/mol. The molecule has 0 aliphatic heterocycles. The van der Waals surface area contributed by atoms with Gasteiger partial charge in [-0.1, -0.05) is 23.3 Å². The Labute approximate surface area is 218 Å². The molecule has 0 saturated carbocycles. The van der Waals surface area contributed by atoms with Gasteiger partial charge in [-0.25, -0.2) is 0 Å². The summed E-state index contributed by atoms with van der Waals surface area (Å²) in [6.07, 6.45) is 5.15. The highest BCUT2D eigenvalue weighted by Gasteiger charge is 2.21. The Morgan fingerprint density at radius 2 is 1.95 bits per heavy atom. The minimum Gasteiger partial charge on any atom is -0.357 e. The predicted molar refractivity (Wildman–Crippen MR) is 145 cm³/mol. The van der Waals surface area contributed by atoms with Crippen molar-refractivity contribution in [3.8, 4) is 22.9 Å². The third kappa shape index (κ3) is 4.50. The number of hydrogen-bond donors (Lipinski definition) is 1. The number of aromatic nitrogens is 3. The summed E-state index contributed by atoms with van der Waals surface area (Å²) in [4.78, 5) is 21.3. The van der Waals surface area contributed by atoms with E-state index in [9.17, 15) is 22.4 Å². The van der Waals surface area contributed by atoms with Crippen LogP contribution in [-0.2, 0) is 16.9 Å². The lowest BCUT2D eigenvalue weighted by Crippen LogP contribution is -2.13. The quantitative estimate of drug-likeness (QED) is 0.254. The maximum atomic E-state index is 13.9. The molecule has 1 N–H and O–H groups in total. The highest BCUT2D eigenvalue weighted by atomic mass is 32.3. The lowest BCUT2D eigenvalue weighted by molar-refractivity contribution is 0.439. The molecule has 8 nitrogen and oxygen atoms in total. The van der Waals surface area contributed by atoms with Crippen molar-refractivity contribution < 1.29 is 16.5 Å². The zero-order valence-electron chi connectivity index (χ0n) is 21.1. The standard InChI is InChI=1S/C28H25FN4O4S/c1-4-5-6-18-11-23-25(12-22(18)19-10-20(15-31-14-19)37-38(29,35)36)33(16(2)3)28-26(27(23)34)21-8-7-17(13-30)9-24(21)32-28/h7-12,14-16,32H,4-6H2,1-3H3. The molecule has 0 unspecified atom stereocenters. The van der Waals surface area contributed by atoms with Gasteiger partial charge < -0.3 is 13.7 Å². The number of fused-ring (bicyclic) bond motifs is 4. The second-order valence-corrected chi connectivity index (χ2v) is 10.5. The van der Waals surface area contributed by atoms with Crippen LogP contribution in [0.25, 0.3) is 44.0 Å². The van der Waals surface area contributed by atoms with E-state index in [0.717, 1.165) is 35.6 Å². The molecule has 3 heterocycles. The number of nitrogens with one attached hydrogen (secondary N) is 1. The van der Waals surface area contributed by atoms with Gasteiger partial charge in [-0.15, -0.1) is 0 Å². The van der Waals surface area contributed by atoms with E-state index in [2.05, 4.69) is 27.1 Å². The molecule has 2 aromatic carbocycles. The Balaban J connectivity index is 1.87. The van der Waals surface area contributed by atoms with Gasteiger partial charge in [0.25, 0.3) is 0 Å². The fourth-order valence-electron chi connectivity index (χ4n) is 5.04. The van der Waals surface area contributed by atoms with Crippen LogP contribution in [0, 0.1) is 11.3 Å².